The Hall–Kier alpha value is -1.43. The molecule has 5 atom stereocenters. The van der Waals surface area contributed by atoms with Crippen molar-refractivity contribution in [2.75, 3.05) is 0 Å². The van der Waals surface area contributed by atoms with Crippen LogP contribution in [0.4, 0.5) is 5.69 Å². The summed E-state index contributed by atoms with van der Waals surface area (Å²) in [6.07, 6.45) is 6.02. The van der Waals surface area contributed by atoms with E-state index in [1.54, 1.807) is 0 Å². The molecule has 6 nitrogen and oxygen atoms in total. The Morgan fingerprint density at radius 3 is 2.63 bits per heavy atom. The molecule has 0 amide bonds. The first-order valence-electron chi connectivity index (χ1n) is 6.96. The highest BCUT2D eigenvalue weighted by Crippen LogP contribution is 2.61. The molecule has 3 unspecified atom stereocenters. The minimum absolute atomic E-state index is 0.115. The van der Waals surface area contributed by atoms with Gasteiger partial charge < -0.3 is 5.11 Å². The first kappa shape index (κ1) is 11.4. The van der Waals surface area contributed by atoms with E-state index < -0.39 is 5.60 Å². The van der Waals surface area contributed by atoms with Crippen LogP contribution in [0.3, 0.4) is 0 Å². The standard InChI is InChI=1S/C13H17N3O3/c17-13-3-7-1-8(4-13)11(9(2-7)5-13)12-10(16(18)19)6-14-15-12/h6-9,11,17H,1-5H2,(H,14,15)/t7?,8-,9+,11?,13?. The second-order valence-electron chi connectivity index (χ2n) is 6.65. The highest BCUT2D eigenvalue weighted by Gasteiger charge is 2.56. The Bertz CT molecular complexity index is 525. The van der Waals surface area contributed by atoms with Gasteiger partial charge in [-0.25, -0.2) is 0 Å². The third-order valence-electron chi connectivity index (χ3n) is 5.42. The summed E-state index contributed by atoms with van der Waals surface area (Å²) in [5.74, 6) is 1.53. The molecule has 4 saturated carbocycles. The van der Waals surface area contributed by atoms with Crippen LogP contribution in [0, 0.1) is 27.9 Å². The van der Waals surface area contributed by atoms with E-state index in [-0.39, 0.29) is 16.5 Å². The van der Waals surface area contributed by atoms with Gasteiger partial charge in [-0.3, -0.25) is 15.2 Å². The highest BCUT2D eigenvalue weighted by atomic mass is 16.6. The van der Waals surface area contributed by atoms with Crippen LogP contribution >= 0.6 is 0 Å². The lowest BCUT2D eigenvalue weighted by atomic mass is 9.49. The SMILES string of the molecule is O=[N+]([O-])c1cn[nH]c1C1[C@@H]2CC3C[C@H]1CC(O)(C3)C2. The number of rotatable bonds is 2. The van der Waals surface area contributed by atoms with Gasteiger partial charge in [0.25, 0.3) is 0 Å². The summed E-state index contributed by atoms with van der Waals surface area (Å²) in [5.41, 5.74) is 0.300. The molecule has 0 aliphatic heterocycles. The lowest BCUT2D eigenvalue weighted by Gasteiger charge is -2.57. The van der Waals surface area contributed by atoms with Crippen LogP contribution in [0.1, 0.15) is 43.7 Å². The molecule has 102 valence electrons. The minimum Gasteiger partial charge on any atom is -0.390 e. The Morgan fingerprint density at radius 2 is 2.05 bits per heavy atom. The normalized spacial score (nSPS) is 43.6. The van der Waals surface area contributed by atoms with Crippen molar-refractivity contribution in [2.24, 2.45) is 17.8 Å². The van der Waals surface area contributed by atoms with Crippen molar-refractivity contribution in [1.82, 2.24) is 10.2 Å². The zero-order valence-electron chi connectivity index (χ0n) is 10.6. The number of nitrogens with zero attached hydrogens (tertiary/aromatic N) is 2. The molecule has 4 aliphatic carbocycles. The predicted molar refractivity (Wildman–Crippen MR) is 66.5 cm³/mol. The Morgan fingerprint density at radius 1 is 1.37 bits per heavy atom. The smallest absolute Gasteiger partial charge is 0.310 e. The van der Waals surface area contributed by atoms with Crippen LogP contribution in [0.2, 0.25) is 0 Å². The highest BCUT2D eigenvalue weighted by molar-refractivity contribution is 5.37. The van der Waals surface area contributed by atoms with E-state index in [1.807, 2.05) is 0 Å². The van der Waals surface area contributed by atoms with E-state index in [0.29, 0.717) is 23.4 Å². The van der Waals surface area contributed by atoms with Gasteiger partial charge in [-0.15, -0.1) is 0 Å². The molecular formula is C13H17N3O3. The fourth-order valence-corrected chi connectivity index (χ4v) is 5.13. The molecule has 4 fully saturated rings. The van der Waals surface area contributed by atoms with Gasteiger partial charge in [-0.05, 0) is 49.9 Å². The maximum atomic E-state index is 11.1. The third kappa shape index (κ3) is 1.55. The molecule has 4 bridgehead atoms. The minimum atomic E-state index is -0.498. The zero-order valence-corrected chi connectivity index (χ0v) is 10.6. The predicted octanol–water partition coefficient (Wildman–Crippen LogP) is 1.97. The third-order valence-corrected chi connectivity index (χ3v) is 5.42. The molecule has 6 heteroatoms. The largest absolute Gasteiger partial charge is 0.390 e. The van der Waals surface area contributed by atoms with Crippen molar-refractivity contribution in [2.45, 2.75) is 43.6 Å². The van der Waals surface area contributed by atoms with Gasteiger partial charge >= 0.3 is 5.69 Å². The lowest BCUT2D eigenvalue weighted by molar-refractivity contribution is -0.386. The van der Waals surface area contributed by atoms with Crippen molar-refractivity contribution >= 4 is 5.69 Å². The molecule has 0 spiro atoms. The van der Waals surface area contributed by atoms with Gasteiger partial charge in [0.15, 0.2) is 0 Å². The van der Waals surface area contributed by atoms with Gasteiger partial charge in [-0.1, -0.05) is 0 Å². The van der Waals surface area contributed by atoms with E-state index >= 15 is 0 Å². The molecule has 2 N–H and O–H groups in total. The molecular weight excluding hydrogens is 246 g/mol. The average molecular weight is 263 g/mol. The number of aromatic amines is 1. The van der Waals surface area contributed by atoms with Gasteiger partial charge in [0.05, 0.1) is 10.5 Å². The summed E-state index contributed by atoms with van der Waals surface area (Å²) < 4.78 is 0. The van der Waals surface area contributed by atoms with Crippen LogP contribution < -0.4 is 0 Å². The van der Waals surface area contributed by atoms with E-state index in [4.69, 9.17) is 0 Å². The summed E-state index contributed by atoms with van der Waals surface area (Å²) in [4.78, 5) is 10.7. The van der Waals surface area contributed by atoms with Crippen molar-refractivity contribution < 1.29 is 10.0 Å². The lowest BCUT2D eigenvalue weighted by Crippen LogP contribution is -2.53. The number of H-pyrrole nitrogens is 1. The van der Waals surface area contributed by atoms with Crippen molar-refractivity contribution in [3.05, 3.63) is 22.0 Å². The van der Waals surface area contributed by atoms with Crippen LogP contribution in [0.5, 0.6) is 0 Å². The average Bonchev–Trinajstić information content (AvgIpc) is 2.74. The number of nitrogens with one attached hydrogen (secondary N) is 1. The van der Waals surface area contributed by atoms with Gasteiger partial charge in [0, 0.05) is 5.92 Å². The molecule has 19 heavy (non-hydrogen) atoms. The number of nitro groups is 1. The second kappa shape index (κ2) is 3.56. The van der Waals surface area contributed by atoms with E-state index in [2.05, 4.69) is 10.2 Å². The van der Waals surface area contributed by atoms with Gasteiger partial charge in [0.2, 0.25) is 0 Å². The summed E-state index contributed by atoms with van der Waals surface area (Å²) in [6.45, 7) is 0. The van der Waals surface area contributed by atoms with Crippen molar-refractivity contribution in [3.8, 4) is 0 Å². The van der Waals surface area contributed by atoms with Crippen LogP contribution in [0.25, 0.3) is 0 Å². The number of hydrogen-bond acceptors (Lipinski definition) is 4. The fraction of sp³-hybridized carbons (Fsp3) is 0.769. The van der Waals surface area contributed by atoms with Crippen molar-refractivity contribution in [1.29, 1.82) is 0 Å². The van der Waals surface area contributed by atoms with Crippen LogP contribution in [-0.2, 0) is 0 Å². The molecule has 1 aromatic heterocycles. The van der Waals surface area contributed by atoms with E-state index in [9.17, 15) is 15.2 Å². The van der Waals surface area contributed by atoms with Crippen molar-refractivity contribution in [3.63, 3.8) is 0 Å². The molecule has 1 heterocycles. The summed E-state index contributed by atoms with van der Waals surface area (Å²) in [5, 5.41) is 28.3. The van der Waals surface area contributed by atoms with Gasteiger partial charge in [0.1, 0.15) is 11.9 Å². The topological polar surface area (TPSA) is 92.0 Å². The molecule has 0 radical (unpaired) electrons. The van der Waals surface area contributed by atoms with Gasteiger partial charge in [-0.2, -0.15) is 5.10 Å². The molecule has 0 aromatic carbocycles. The van der Waals surface area contributed by atoms with Crippen LogP contribution in [0.15, 0.2) is 6.20 Å². The summed E-state index contributed by atoms with van der Waals surface area (Å²) in [7, 11) is 0. The number of aliphatic hydroxyl groups is 1. The van der Waals surface area contributed by atoms with Crippen LogP contribution in [-0.4, -0.2) is 25.8 Å². The Labute approximate surface area is 110 Å². The second-order valence-corrected chi connectivity index (χ2v) is 6.65. The maximum absolute atomic E-state index is 11.1. The summed E-state index contributed by atoms with van der Waals surface area (Å²) >= 11 is 0. The Balaban J connectivity index is 1.73. The van der Waals surface area contributed by atoms with E-state index in [1.165, 1.54) is 6.20 Å². The number of aromatic nitrogens is 2. The first-order chi connectivity index (χ1) is 9.06. The Kier molecular flexibility index (Phi) is 2.14. The monoisotopic (exact) mass is 263 g/mol. The fourth-order valence-electron chi connectivity index (χ4n) is 5.13. The molecule has 1 aromatic rings. The molecule has 4 aliphatic rings. The quantitative estimate of drug-likeness (QED) is 0.630. The summed E-state index contributed by atoms with van der Waals surface area (Å²) in [6, 6.07) is 0. The van der Waals surface area contributed by atoms with E-state index in [0.717, 1.165) is 32.1 Å². The first-order valence-corrected chi connectivity index (χ1v) is 6.96. The number of hydrogen-bond donors (Lipinski definition) is 2. The zero-order chi connectivity index (χ0) is 13.2. The maximum Gasteiger partial charge on any atom is 0.310 e. The molecule has 0 saturated heterocycles. The molecule has 5 rings (SSSR count).